The Morgan fingerprint density at radius 2 is 1.97 bits per heavy atom. The van der Waals surface area contributed by atoms with Gasteiger partial charge in [0.25, 0.3) is 5.91 Å². The third-order valence-corrected chi connectivity index (χ3v) is 5.31. The van der Waals surface area contributed by atoms with E-state index in [2.05, 4.69) is 0 Å². The molecule has 0 saturated carbocycles. The second kappa shape index (κ2) is 9.84. The Hall–Kier alpha value is -2.75. The molecule has 1 fully saturated rings. The molecule has 0 N–H and O–H groups in total. The maximum Gasteiger partial charge on any atom is 0.316 e. The van der Waals surface area contributed by atoms with Crippen molar-refractivity contribution in [3.8, 4) is 17.6 Å². The molecule has 1 aliphatic rings. The summed E-state index contributed by atoms with van der Waals surface area (Å²) < 4.78 is 11.0. The van der Waals surface area contributed by atoms with Crippen molar-refractivity contribution in [1.82, 2.24) is 4.90 Å². The normalized spacial score (nSPS) is 15.9. The lowest BCUT2D eigenvalue weighted by Crippen LogP contribution is -2.43. The molecule has 2 aromatic carbocycles. The third kappa shape index (κ3) is 5.05. The van der Waals surface area contributed by atoms with E-state index in [-0.39, 0.29) is 29.0 Å². The van der Waals surface area contributed by atoms with E-state index in [0.717, 1.165) is 0 Å². The van der Waals surface area contributed by atoms with Crippen molar-refractivity contribution < 1.29 is 19.1 Å². The summed E-state index contributed by atoms with van der Waals surface area (Å²) in [4.78, 5) is 27.2. The number of carbonyl (C=O) groups excluding carboxylic acids is 2. The number of likely N-dealkylation sites (tertiary alicyclic amines) is 1. The van der Waals surface area contributed by atoms with Crippen LogP contribution in [-0.2, 0) is 4.79 Å². The van der Waals surface area contributed by atoms with E-state index in [1.807, 2.05) is 6.07 Å². The van der Waals surface area contributed by atoms with Gasteiger partial charge in [0.1, 0.15) is 0 Å². The van der Waals surface area contributed by atoms with Crippen molar-refractivity contribution in [2.45, 2.75) is 19.8 Å². The summed E-state index contributed by atoms with van der Waals surface area (Å²) in [6.07, 6.45) is 1.28. The van der Waals surface area contributed by atoms with Crippen LogP contribution in [0.15, 0.2) is 36.4 Å². The number of amides is 1. The van der Waals surface area contributed by atoms with Gasteiger partial charge in [-0.2, -0.15) is 5.26 Å². The average molecular weight is 447 g/mol. The lowest BCUT2D eigenvalue weighted by atomic mass is 9.97. The van der Waals surface area contributed by atoms with Crippen molar-refractivity contribution in [1.29, 1.82) is 5.26 Å². The van der Waals surface area contributed by atoms with E-state index in [0.29, 0.717) is 42.1 Å². The van der Waals surface area contributed by atoms with Crippen LogP contribution in [0.5, 0.6) is 11.5 Å². The van der Waals surface area contributed by atoms with E-state index < -0.39 is 11.9 Å². The minimum atomic E-state index is -0.490. The molecule has 8 heteroatoms. The Bertz CT molecular complexity index is 986. The zero-order chi connectivity index (χ0) is 21.7. The molecule has 1 atom stereocenters. The number of esters is 1. The first-order valence-electron chi connectivity index (χ1n) is 9.56. The molecule has 0 radical (unpaired) electrons. The number of ether oxygens (including phenoxy) is 2. The number of nitriles is 1. The van der Waals surface area contributed by atoms with Gasteiger partial charge in [0, 0.05) is 29.7 Å². The van der Waals surface area contributed by atoms with E-state index in [9.17, 15) is 9.59 Å². The number of piperidine rings is 1. The van der Waals surface area contributed by atoms with Gasteiger partial charge in [0.05, 0.1) is 29.2 Å². The van der Waals surface area contributed by atoms with Crippen molar-refractivity contribution in [3.63, 3.8) is 0 Å². The highest BCUT2D eigenvalue weighted by Crippen LogP contribution is 2.37. The number of rotatable bonds is 5. The number of nitrogens with zero attached hydrogens (tertiary/aromatic N) is 2. The Labute approximate surface area is 184 Å². The highest BCUT2D eigenvalue weighted by molar-refractivity contribution is 6.32. The second-order valence-electron chi connectivity index (χ2n) is 6.85. The number of hydrogen-bond acceptors (Lipinski definition) is 5. The first kappa shape index (κ1) is 21.9. The van der Waals surface area contributed by atoms with Gasteiger partial charge >= 0.3 is 5.97 Å². The SMILES string of the molecule is CCOc1cc(C#N)cc(Cl)c1OC(=O)C1CCCN(C(=O)c2ccc(Cl)cc2)C1. The van der Waals surface area contributed by atoms with Crippen LogP contribution in [0.25, 0.3) is 0 Å². The topological polar surface area (TPSA) is 79.6 Å². The maximum atomic E-state index is 12.8. The quantitative estimate of drug-likeness (QED) is 0.490. The molecule has 0 aliphatic carbocycles. The molecule has 1 amide bonds. The minimum Gasteiger partial charge on any atom is -0.490 e. The summed E-state index contributed by atoms with van der Waals surface area (Å²) in [7, 11) is 0. The third-order valence-electron chi connectivity index (χ3n) is 4.77. The van der Waals surface area contributed by atoms with Gasteiger partial charge in [-0.15, -0.1) is 0 Å². The molecule has 6 nitrogen and oxygen atoms in total. The van der Waals surface area contributed by atoms with E-state index in [1.54, 1.807) is 36.1 Å². The Kier molecular flexibility index (Phi) is 7.20. The molecule has 0 aromatic heterocycles. The Balaban J connectivity index is 1.74. The maximum absolute atomic E-state index is 12.8. The van der Waals surface area contributed by atoms with Crippen LogP contribution in [0.3, 0.4) is 0 Å². The molecule has 156 valence electrons. The predicted molar refractivity (Wildman–Crippen MR) is 113 cm³/mol. The highest BCUT2D eigenvalue weighted by atomic mass is 35.5. The van der Waals surface area contributed by atoms with Crippen molar-refractivity contribution in [3.05, 3.63) is 57.6 Å². The summed E-state index contributed by atoms with van der Waals surface area (Å²) in [6.45, 7) is 2.91. The fraction of sp³-hybridized carbons (Fsp3) is 0.318. The van der Waals surface area contributed by atoms with Gasteiger partial charge in [0.2, 0.25) is 0 Å². The summed E-state index contributed by atoms with van der Waals surface area (Å²) in [5.41, 5.74) is 0.822. The van der Waals surface area contributed by atoms with Crippen molar-refractivity contribution in [2.24, 2.45) is 5.92 Å². The van der Waals surface area contributed by atoms with E-state index in [4.69, 9.17) is 37.9 Å². The van der Waals surface area contributed by atoms with Crippen LogP contribution in [-0.4, -0.2) is 36.5 Å². The monoisotopic (exact) mass is 446 g/mol. The highest BCUT2D eigenvalue weighted by Gasteiger charge is 2.31. The first-order valence-corrected chi connectivity index (χ1v) is 10.3. The van der Waals surface area contributed by atoms with Gasteiger partial charge in [-0.05, 0) is 50.1 Å². The fourth-order valence-corrected chi connectivity index (χ4v) is 3.68. The summed E-state index contributed by atoms with van der Waals surface area (Å²) >= 11 is 12.1. The molecule has 1 heterocycles. The van der Waals surface area contributed by atoms with Crippen LogP contribution in [0, 0.1) is 17.2 Å². The Morgan fingerprint density at radius 1 is 1.23 bits per heavy atom. The van der Waals surface area contributed by atoms with Crippen LogP contribution in [0.2, 0.25) is 10.0 Å². The molecule has 0 spiro atoms. The molecule has 2 aromatic rings. The number of halogens is 2. The van der Waals surface area contributed by atoms with Crippen LogP contribution < -0.4 is 9.47 Å². The number of carbonyl (C=O) groups is 2. The van der Waals surface area contributed by atoms with Crippen molar-refractivity contribution >= 4 is 35.1 Å². The van der Waals surface area contributed by atoms with Gasteiger partial charge in [-0.25, -0.2) is 0 Å². The van der Waals surface area contributed by atoms with Gasteiger partial charge < -0.3 is 14.4 Å². The second-order valence-corrected chi connectivity index (χ2v) is 7.69. The molecule has 0 bridgehead atoms. The molecule has 1 saturated heterocycles. The smallest absolute Gasteiger partial charge is 0.316 e. The van der Waals surface area contributed by atoms with E-state index in [1.165, 1.54) is 12.1 Å². The largest absolute Gasteiger partial charge is 0.490 e. The zero-order valence-electron chi connectivity index (χ0n) is 16.4. The lowest BCUT2D eigenvalue weighted by Gasteiger charge is -2.31. The van der Waals surface area contributed by atoms with Crippen LogP contribution in [0.1, 0.15) is 35.7 Å². The molecule has 30 heavy (non-hydrogen) atoms. The molecular weight excluding hydrogens is 427 g/mol. The van der Waals surface area contributed by atoms with Gasteiger partial charge in [-0.3, -0.25) is 9.59 Å². The first-order chi connectivity index (χ1) is 14.4. The molecule has 3 rings (SSSR count). The van der Waals surface area contributed by atoms with Crippen LogP contribution in [0.4, 0.5) is 0 Å². The average Bonchev–Trinajstić information content (AvgIpc) is 2.76. The predicted octanol–water partition coefficient (Wildman–Crippen LogP) is 4.72. The summed E-state index contributed by atoms with van der Waals surface area (Å²) in [5.74, 6) is -0.814. The molecule has 1 aliphatic heterocycles. The lowest BCUT2D eigenvalue weighted by molar-refractivity contribution is -0.140. The van der Waals surface area contributed by atoms with Gasteiger partial charge in [-0.1, -0.05) is 23.2 Å². The minimum absolute atomic E-state index is 0.0867. The Morgan fingerprint density at radius 3 is 2.63 bits per heavy atom. The van der Waals surface area contributed by atoms with Gasteiger partial charge in [0.15, 0.2) is 11.5 Å². The van der Waals surface area contributed by atoms with Crippen LogP contribution >= 0.6 is 23.2 Å². The summed E-state index contributed by atoms with van der Waals surface area (Å²) in [5, 5.41) is 9.78. The number of benzene rings is 2. The fourth-order valence-electron chi connectivity index (χ4n) is 3.31. The zero-order valence-corrected chi connectivity index (χ0v) is 17.9. The molecule has 1 unspecified atom stereocenters. The molecular formula is C22H20Cl2N2O4. The van der Waals surface area contributed by atoms with Crippen molar-refractivity contribution in [2.75, 3.05) is 19.7 Å². The van der Waals surface area contributed by atoms with E-state index >= 15 is 0 Å². The standard InChI is InChI=1S/C22H20Cl2N2O4/c1-2-29-19-11-14(12-25)10-18(24)20(19)30-22(28)16-4-3-9-26(13-16)21(27)15-5-7-17(23)8-6-15/h5-8,10-11,16H,2-4,9,13H2,1H3. The number of hydrogen-bond donors (Lipinski definition) is 0. The summed E-state index contributed by atoms with van der Waals surface area (Å²) in [6, 6.07) is 11.5.